The molecule has 49 heavy (non-hydrogen) atoms. The maximum Gasteiger partial charge on any atom is 0.315 e. The fraction of sp³-hybridized carbons (Fsp3) is 0.800. The van der Waals surface area contributed by atoms with Crippen LogP contribution in [0.3, 0.4) is 0 Å². The molecular formula is C35H58N6O7S. The molecule has 0 aromatic rings. The molecule has 0 bridgehead atoms. The summed E-state index contributed by atoms with van der Waals surface area (Å²) in [6.45, 7) is 19.9. The predicted molar refractivity (Wildman–Crippen MR) is 186 cm³/mol. The number of urea groups is 1. The summed E-state index contributed by atoms with van der Waals surface area (Å²) in [6.07, 6.45) is 5.24. The van der Waals surface area contributed by atoms with Crippen molar-refractivity contribution >= 4 is 39.6 Å². The number of amides is 5. The maximum absolute atomic E-state index is 14.4. The third-order valence-corrected chi connectivity index (χ3v) is 13.1. The first-order valence-electron chi connectivity index (χ1n) is 17.7. The zero-order valence-corrected chi connectivity index (χ0v) is 31.4. The van der Waals surface area contributed by atoms with Crippen molar-refractivity contribution in [3.63, 3.8) is 0 Å². The van der Waals surface area contributed by atoms with E-state index in [2.05, 4.69) is 41.7 Å². The Morgan fingerprint density at radius 3 is 2.12 bits per heavy atom. The number of nitrogens with zero attached hydrogens (tertiary/aromatic N) is 2. The molecule has 2 heterocycles. The van der Waals surface area contributed by atoms with E-state index >= 15 is 0 Å². The largest absolute Gasteiger partial charge is 0.346 e. The van der Waals surface area contributed by atoms with Crippen LogP contribution in [-0.4, -0.2) is 103 Å². The van der Waals surface area contributed by atoms with Crippen LogP contribution in [0.5, 0.6) is 0 Å². The van der Waals surface area contributed by atoms with Crippen molar-refractivity contribution in [2.24, 2.45) is 34.0 Å². The van der Waals surface area contributed by atoms with E-state index in [0.717, 1.165) is 19.3 Å². The summed E-state index contributed by atoms with van der Waals surface area (Å²) in [7, 11) is -3.39. The second kappa shape index (κ2) is 14.3. The number of piperidine rings is 1. The van der Waals surface area contributed by atoms with E-state index < -0.39 is 74.6 Å². The molecule has 4 rings (SSSR count). The molecule has 0 radical (unpaired) electrons. The zero-order valence-electron chi connectivity index (χ0n) is 30.6. The van der Waals surface area contributed by atoms with E-state index in [0.29, 0.717) is 25.9 Å². The Labute approximate surface area is 292 Å². The number of Topliss-reactive ketones (excluding diaryl/α,β-unsaturated/α-hetero) is 1. The topological polar surface area (TPSA) is 174 Å². The number of rotatable bonds is 13. The first-order chi connectivity index (χ1) is 22.6. The second-order valence-electron chi connectivity index (χ2n) is 17.2. The van der Waals surface area contributed by atoms with Gasteiger partial charge in [-0.05, 0) is 46.8 Å². The first-order valence-corrected chi connectivity index (χ1v) is 19.3. The Balaban J connectivity index is 1.53. The number of hydrogen-bond donors (Lipinski definition) is 4. The van der Waals surface area contributed by atoms with Gasteiger partial charge < -0.3 is 26.2 Å². The Morgan fingerprint density at radius 2 is 1.61 bits per heavy atom. The highest BCUT2D eigenvalue weighted by atomic mass is 32.2. The van der Waals surface area contributed by atoms with E-state index in [1.165, 1.54) is 15.3 Å². The fourth-order valence-electron chi connectivity index (χ4n) is 7.56. The fourth-order valence-corrected chi connectivity index (χ4v) is 9.09. The lowest BCUT2D eigenvalue weighted by atomic mass is 9.80. The van der Waals surface area contributed by atoms with Gasteiger partial charge in [-0.3, -0.25) is 19.2 Å². The van der Waals surface area contributed by atoms with Crippen molar-refractivity contribution in [3.8, 4) is 0 Å². The van der Waals surface area contributed by atoms with Gasteiger partial charge in [0, 0.05) is 32.2 Å². The monoisotopic (exact) mass is 706 g/mol. The quantitative estimate of drug-likeness (QED) is 0.168. The molecule has 276 valence electrons. The lowest BCUT2D eigenvalue weighted by Crippen LogP contribution is -2.62. The minimum Gasteiger partial charge on any atom is -0.346 e. The summed E-state index contributed by atoms with van der Waals surface area (Å²) in [5, 5.41) is 11.2. The van der Waals surface area contributed by atoms with Gasteiger partial charge in [-0.1, -0.05) is 80.7 Å². The average molecular weight is 707 g/mol. The van der Waals surface area contributed by atoms with Crippen molar-refractivity contribution in [1.29, 1.82) is 0 Å². The average Bonchev–Trinajstić information content (AvgIpc) is 3.26. The van der Waals surface area contributed by atoms with Crippen LogP contribution in [0.25, 0.3) is 0 Å². The number of fused-ring (bicyclic) bond motifs is 1. The lowest BCUT2D eigenvalue weighted by Gasteiger charge is -2.39. The van der Waals surface area contributed by atoms with Crippen LogP contribution in [0.1, 0.15) is 87.5 Å². The summed E-state index contributed by atoms with van der Waals surface area (Å²) < 4.78 is 26.5. The normalized spacial score (nSPS) is 26.4. The molecule has 5 amide bonds. The van der Waals surface area contributed by atoms with Gasteiger partial charge in [0.25, 0.3) is 5.91 Å². The number of ketones is 1. The number of nitrogens with one attached hydrogen (secondary N) is 4. The minimum atomic E-state index is -3.39. The Kier molecular flexibility index (Phi) is 11.3. The molecular weight excluding hydrogens is 648 g/mol. The lowest BCUT2D eigenvalue weighted by molar-refractivity contribution is -0.145. The van der Waals surface area contributed by atoms with E-state index in [1.807, 2.05) is 41.5 Å². The summed E-state index contributed by atoms with van der Waals surface area (Å²) in [5.41, 5.74) is -1.44. The van der Waals surface area contributed by atoms with Crippen LogP contribution < -0.4 is 21.3 Å². The molecule has 6 atom stereocenters. The van der Waals surface area contributed by atoms with Gasteiger partial charge in [-0.25, -0.2) is 13.2 Å². The van der Waals surface area contributed by atoms with Gasteiger partial charge >= 0.3 is 6.03 Å². The minimum absolute atomic E-state index is 0.0611. The Morgan fingerprint density at radius 1 is 0.959 bits per heavy atom. The van der Waals surface area contributed by atoms with Gasteiger partial charge in [-0.15, -0.1) is 6.58 Å². The van der Waals surface area contributed by atoms with Gasteiger partial charge in [0.15, 0.2) is 0 Å². The highest BCUT2D eigenvalue weighted by Crippen LogP contribution is 2.65. The first kappa shape index (κ1) is 38.8. The molecule has 0 spiro atoms. The molecule has 4 fully saturated rings. The molecule has 2 saturated heterocycles. The highest BCUT2D eigenvalue weighted by molar-refractivity contribution is 7.89. The smallest absolute Gasteiger partial charge is 0.315 e. The van der Waals surface area contributed by atoms with Crippen molar-refractivity contribution in [2.45, 2.75) is 112 Å². The number of likely N-dealkylation sites (tertiary alicyclic amines) is 1. The number of hydrogen-bond acceptors (Lipinski definition) is 7. The maximum atomic E-state index is 14.4. The van der Waals surface area contributed by atoms with Crippen molar-refractivity contribution < 1.29 is 32.4 Å². The molecule has 4 N–H and O–H groups in total. The van der Waals surface area contributed by atoms with E-state index in [9.17, 15) is 32.4 Å². The molecule has 14 heteroatoms. The van der Waals surface area contributed by atoms with E-state index in [4.69, 9.17) is 0 Å². The number of sulfonamides is 1. The Bertz CT molecular complexity index is 1430. The molecule has 2 saturated carbocycles. The molecule has 0 aromatic carbocycles. The summed E-state index contributed by atoms with van der Waals surface area (Å²) in [5.74, 6) is -2.17. The molecule has 2 aliphatic carbocycles. The number of carbonyl (C=O) groups is 5. The Hall–Kier alpha value is -3.00. The zero-order chi connectivity index (χ0) is 36.7. The van der Waals surface area contributed by atoms with Crippen molar-refractivity contribution in [1.82, 2.24) is 30.5 Å². The third kappa shape index (κ3) is 8.66. The van der Waals surface area contributed by atoms with Crippen LogP contribution in [0.4, 0.5) is 4.79 Å². The summed E-state index contributed by atoms with van der Waals surface area (Å²) in [6, 6.07) is -4.05. The van der Waals surface area contributed by atoms with Crippen molar-refractivity contribution in [2.75, 3.05) is 31.9 Å². The van der Waals surface area contributed by atoms with Gasteiger partial charge in [-0.2, -0.15) is 4.31 Å². The second-order valence-corrected chi connectivity index (χ2v) is 19.3. The van der Waals surface area contributed by atoms with Gasteiger partial charge in [0.2, 0.25) is 27.6 Å². The van der Waals surface area contributed by atoms with Crippen LogP contribution in [-0.2, 0) is 29.2 Å². The molecule has 0 aromatic heterocycles. The van der Waals surface area contributed by atoms with E-state index in [1.54, 1.807) is 0 Å². The number of carbonyl (C=O) groups excluding carboxylic acids is 5. The van der Waals surface area contributed by atoms with Gasteiger partial charge in [0.1, 0.15) is 12.1 Å². The van der Waals surface area contributed by atoms with Crippen LogP contribution in [0.15, 0.2) is 12.7 Å². The standard InChI is InChI=1S/C35H58N6O7S/c1-10-15-36-30(44)27(42)23(18-21-13-11-14-21)37-29(43)26-25-22(35(25,8)9)19-41(26)31(45)28(34(5,6)7)39-32(46)38-24(33(2,3)4)20-40-16-12-17-49(40,47)48/h10,21-26,28H,1,11-20H2,2-9H3,(H,36,44)(H,37,43)(H2,38,39,46)/t22-,23?,24+,25-,26-,28+/m0/s1. The van der Waals surface area contributed by atoms with E-state index in [-0.39, 0.29) is 42.0 Å². The third-order valence-electron chi connectivity index (χ3n) is 11.1. The van der Waals surface area contributed by atoms with Crippen molar-refractivity contribution in [3.05, 3.63) is 12.7 Å². The molecule has 13 nitrogen and oxygen atoms in total. The summed E-state index contributed by atoms with van der Waals surface area (Å²) in [4.78, 5) is 69.6. The predicted octanol–water partition coefficient (Wildman–Crippen LogP) is 2.18. The molecule has 1 unspecified atom stereocenters. The highest BCUT2D eigenvalue weighted by Gasteiger charge is 2.70. The summed E-state index contributed by atoms with van der Waals surface area (Å²) >= 11 is 0. The molecule has 4 aliphatic rings. The van der Waals surface area contributed by atoms with Crippen LogP contribution in [0, 0.1) is 34.0 Å². The van der Waals surface area contributed by atoms with Crippen LogP contribution >= 0.6 is 0 Å². The van der Waals surface area contributed by atoms with Crippen LogP contribution in [0.2, 0.25) is 0 Å². The molecule has 2 aliphatic heterocycles. The SMILES string of the molecule is C=CCNC(=O)C(=O)C(CC1CCC1)NC(=O)[C@@H]1[C@@H]2[C@H](CN1C(=O)[C@@H](NC(=O)N[C@H](CN1CCCS1(=O)=O)C(C)(C)C)C(C)(C)C)C2(C)C. The van der Waals surface area contributed by atoms with Gasteiger partial charge in [0.05, 0.1) is 11.8 Å².